The molecule has 33 heavy (non-hydrogen) atoms. The van der Waals surface area contributed by atoms with Crippen molar-refractivity contribution in [2.75, 3.05) is 31.4 Å². The van der Waals surface area contributed by atoms with Gasteiger partial charge in [0.05, 0.1) is 7.11 Å². The topological polar surface area (TPSA) is 67.3 Å². The summed E-state index contributed by atoms with van der Waals surface area (Å²) in [6.45, 7) is 7.12. The van der Waals surface area contributed by atoms with Crippen LogP contribution in [0.1, 0.15) is 47.8 Å². The first-order valence-corrected chi connectivity index (χ1v) is 11.9. The number of methoxy groups -OCH3 is 1. The molecule has 0 saturated heterocycles. The highest BCUT2D eigenvalue weighted by Crippen LogP contribution is 2.31. The number of carbonyl (C=O) groups excluding carboxylic acids is 1. The molecule has 3 aromatic rings. The van der Waals surface area contributed by atoms with Crippen LogP contribution in [0.3, 0.4) is 0 Å². The SMILES string of the molecule is COC(=O)c1c(NCc2ccc(C(C)(C)C)cc2)nc(N(C)C)nc1SCc1ccccc1. The molecule has 1 aromatic heterocycles. The molecule has 0 fully saturated rings. The maximum Gasteiger partial charge on any atom is 0.344 e. The van der Waals surface area contributed by atoms with Gasteiger partial charge >= 0.3 is 5.97 Å². The number of anilines is 2. The minimum absolute atomic E-state index is 0.0994. The number of ether oxygens (including phenoxy) is 1. The van der Waals surface area contributed by atoms with Crippen LogP contribution in [0.4, 0.5) is 11.8 Å². The number of nitrogens with one attached hydrogen (secondary N) is 1. The van der Waals surface area contributed by atoms with Crippen LogP contribution in [-0.2, 0) is 22.4 Å². The van der Waals surface area contributed by atoms with E-state index in [1.807, 2.05) is 37.2 Å². The molecule has 1 heterocycles. The fraction of sp³-hybridized carbons (Fsp3) is 0.346. The van der Waals surface area contributed by atoms with E-state index in [1.54, 1.807) is 0 Å². The fourth-order valence-electron chi connectivity index (χ4n) is 3.18. The van der Waals surface area contributed by atoms with Gasteiger partial charge in [0.15, 0.2) is 0 Å². The molecule has 1 N–H and O–H groups in total. The van der Waals surface area contributed by atoms with Gasteiger partial charge in [-0.15, -0.1) is 11.8 Å². The van der Waals surface area contributed by atoms with Crippen molar-refractivity contribution in [1.82, 2.24) is 9.97 Å². The van der Waals surface area contributed by atoms with Crippen molar-refractivity contribution in [3.8, 4) is 0 Å². The van der Waals surface area contributed by atoms with Crippen LogP contribution in [0.5, 0.6) is 0 Å². The van der Waals surface area contributed by atoms with Gasteiger partial charge in [0.25, 0.3) is 0 Å². The van der Waals surface area contributed by atoms with Gasteiger partial charge in [-0.2, -0.15) is 4.98 Å². The molecular formula is C26H32N4O2S. The van der Waals surface area contributed by atoms with Gasteiger partial charge in [-0.05, 0) is 22.1 Å². The fourth-order valence-corrected chi connectivity index (χ4v) is 4.15. The van der Waals surface area contributed by atoms with Gasteiger partial charge in [-0.25, -0.2) is 9.78 Å². The third-order valence-electron chi connectivity index (χ3n) is 5.15. The standard InChI is InChI=1S/C26H32N4O2S/c1-26(2,3)20-14-12-18(13-15-20)16-27-22-21(24(31)32-6)23(29-25(28-22)30(4)5)33-17-19-10-8-7-9-11-19/h7-15H,16-17H2,1-6H3,(H,27,28,29). The number of hydrogen-bond donors (Lipinski definition) is 1. The average Bonchev–Trinajstić information content (AvgIpc) is 2.80. The van der Waals surface area contributed by atoms with Crippen molar-refractivity contribution in [2.45, 2.75) is 43.5 Å². The van der Waals surface area contributed by atoms with Crippen molar-refractivity contribution in [3.63, 3.8) is 0 Å². The number of esters is 1. The number of rotatable bonds is 8. The number of nitrogens with zero attached hydrogens (tertiary/aromatic N) is 3. The molecule has 0 atom stereocenters. The molecule has 0 bridgehead atoms. The van der Waals surface area contributed by atoms with Crippen molar-refractivity contribution < 1.29 is 9.53 Å². The van der Waals surface area contributed by atoms with Crippen LogP contribution in [-0.4, -0.2) is 37.1 Å². The van der Waals surface area contributed by atoms with Crippen molar-refractivity contribution in [3.05, 3.63) is 76.9 Å². The molecule has 0 spiro atoms. The Hall–Kier alpha value is -3.06. The monoisotopic (exact) mass is 464 g/mol. The molecule has 2 aromatic carbocycles. The maximum atomic E-state index is 12.7. The molecule has 7 heteroatoms. The van der Waals surface area contributed by atoms with Crippen LogP contribution in [0.25, 0.3) is 0 Å². The van der Waals surface area contributed by atoms with Gasteiger partial charge in [0.1, 0.15) is 16.4 Å². The summed E-state index contributed by atoms with van der Waals surface area (Å²) >= 11 is 1.50. The Kier molecular flexibility index (Phi) is 7.97. The molecule has 0 aliphatic rings. The van der Waals surface area contributed by atoms with E-state index in [4.69, 9.17) is 4.74 Å². The minimum atomic E-state index is -0.457. The number of carbonyl (C=O) groups is 1. The summed E-state index contributed by atoms with van der Waals surface area (Å²) in [5.41, 5.74) is 3.98. The Balaban J connectivity index is 1.91. The lowest BCUT2D eigenvalue weighted by Crippen LogP contribution is -2.19. The molecule has 3 rings (SSSR count). The second-order valence-corrected chi connectivity index (χ2v) is 9.98. The summed E-state index contributed by atoms with van der Waals surface area (Å²) in [5.74, 6) is 1.23. The number of benzene rings is 2. The first-order chi connectivity index (χ1) is 15.7. The summed E-state index contributed by atoms with van der Waals surface area (Å²) in [6, 6.07) is 18.6. The third kappa shape index (κ3) is 6.48. The Morgan fingerprint density at radius 2 is 1.67 bits per heavy atom. The Bertz CT molecular complexity index is 1080. The Labute approximate surface area is 200 Å². The van der Waals surface area contributed by atoms with E-state index in [9.17, 15) is 4.79 Å². The lowest BCUT2D eigenvalue weighted by atomic mass is 9.87. The van der Waals surface area contributed by atoms with E-state index in [2.05, 4.69) is 72.5 Å². The van der Waals surface area contributed by atoms with Gasteiger partial charge in [-0.3, -0.25) is 0 Å². The highest BCUT2D eigenvalue weighted by atomic mass is 32.2. The lowest BCUT2D eigenvalue weighted by Gasteiger charge is -2.20. The second kappa shape index (κ2) is 10.7. The predicted molar refractivity (Wildman–Crippen MR) is 136 cm³/mol. The van der Waals surface area contributed by atoms with Crippen molar-refractivity contribution in [1.29, 1.82) is 0 Å². The van der Waals surface area contributed by atoms with Gasteiger partial charge < -0.3 is 15.0 Å². The Morgan fingerprint density at radius 3 is 2.24 bits per heavy atom. The van der Waals surface area contributed by atoms with Crippen LogP contribution in [0.2, 0.25) is 0 Å². The van der Waals surface area contributed by atoms with Crippen LogP contribution in [0.15, 0.2) is 59.6 Å². The van der Waals surface area contributed by atoms with E-state index in [0.717, 1.165) is 11.1 Å². The summed E-state index contributed by atoms with van der Waals surface area (Å²) < 4.78 is 5.09. The first-order valence-electron chi connectivity index (χ1n) is 10.9. The highest BCUT2D eigenvalue weighted by molar-refractivity contribution is 7.98. The highest BCUT2D eigenvalue weighted by Gasteiger charge is 2.23. The van der Waals surface area contributed by atoms with E-state index >= 15 is 0 Å². The molecular weight excluding hydrogens is 432 g/mol. The normalized spacial score (nSPS) is 11.2. The largest absolute Gasteiger partial charge is 0.465 e. The lowest BCUT2D eigenvalue weighted by molar-refractivity contribution is 0.0596. The average molecular weight is 465 g/mol. The van der Waals surface area contributed by atoms with E-state index in [-0.39, 0.29) is 5.41 Å². The van der Waals surface area contributed by atoms with Gasteiger partial charge in [0.2, 0.25) is 5.95 Å². The van der Waals surface area contributed by atoms with Crippen LogP contribution >= 0.6 is 11.8 Å². The molecule has 0 saturated carbocycles. The molecule has 6 nitrogen and oxygen atoms in total. The van der Waals surface area contributed by atoms with Crippen molar-refractivity contribution >= 4 is 29.5 Å². The smallest absolute Gasteiger partial charge is 0.344 e. The molecule has 0 unspecified atom stereocenters. The molecule has 174 valence electrons. The molecule has 0 aliphatic carbocycles. The molecule has 0 radical (unpaired) electrons. The number of thioether (sulfide) groups is 1. The van der Waals surface area contributed by atoms with Crippen LogP contribution in [0, 0.1) is 0 Å². The maximum absolute atomic E-state index is 12.7. The van der Waals surface area contributed by atoms with Gasteiger partial charge in [0, 0.05) is 26.4 Å². The molecule has 0 aliphatic heterocycles. The Morgan fingerprint density at radius 1 is 1.00 bits per heavy atom. The summed E-state index contributed by atoms with van der Waals surface area (Å²) in [4.78, 5) is 23.8. The zero-order valence-corrected chi connectivity index (χ0v) is 21.0. The number of hydrogen-bond acceptors (Lipinski definition) is 7. The van der Waals surface area contributed by atoms with Crippen LogP contribution < -0.4 is 10.2 Å². The van der Waals surface area contributed by atoms with Gasteiger partial charge in [-0.1, -0.05) is 75.4 Å². The zero-order chi connectivity index (χ0) is 24.0. The van der Waals surface area contributed by atoms with E-state index in [1.165, 1.54) is 24.4 Å². The summed E-state index contributed by atoms with van der Waals surface area (Å²) in [5, 5.41) is 3.94. The zero-order valence-electron chi connectivity index (χ0n) is 20.2. The second-order valence-electron chi connectivity index (χ2n) is 9.01. The quantitative estimate of drug-likeness (QED) is 0.267. The third-order valence-corrected chi connectivity index (χ3v) is 6.20. The van der Waals surface area contributed by atoms with Crippen molar-refractivity contribution in [2.24, 2.45) is 0 Å². The van der Waals surface area contributed by atoms with E-state index in [0.29, 0.717) is 34.7 Å². The predicted octanol–water partition coefficient (Wildman–Crippen LogP) is 5.53. The summed E-state index contributed by atoms with van der Waals surface area (Å²) in [7, 11) is 5.14. The minimum Gasteiger partial charge on any atom is -0.465 e. The number of aromatic nitrogens is 2. The first kappa shape index (κ1) is 24.6. The molecule has 0 amide bonds. The summed E-state index contributed by atoms with van der Waals surface area (Å²) in [6.07, 6.45) is 0. The van der Waals surface area contributed by atoms with E-state index < -0.39 is 5.97 Å².